The zero-order valence-electron chi connectivity index (χ0n) is 7.94. The van der Waals surface area contributed by atoms with Gasteiger partial charge in [-0.25, -0.2) is 0 Å². The van der Waals surface area contributed by atoms with Gasteiger partial charge in [-0.3, -0.25) is 4.79 Å². The van der Waals surface area contributed by atoms with Crippen LogP contribution in [0.5, 0.6) is 0 Å². The standard InChI is InChI=1S/C9H16BrNOS/c1-3-4-5-13-7-9(12)11-6-8(2)10/h2-7H2,1H3,(H,11,12). The quantitative estimate of drug-likeness (QED) is 0.717. The number of hydrogen-bond acceptors (Lipinski definition) is 2. The molecule has 0 aliphatic carbocycles. The van der Waals surface area contributed by atoms with E-state index in [9.17, 15) is 4.79 Å². The second kappa shape index (κ2) is 8.63. The Bertz CT molecular complexity index is 173. The lowest BCUT2D eigenvalue weighted by molar-refractivity contribution is -0.118. The van der Waals surface area contributed by atoms with E-state index >= 15 is 0 Å². The molecule has 2 nitrogen and oxygen atoms in total. The molecule has 0 saturated heterocycles. The topological polar surface area (TPSA) is 29.1 Å². The number of unbranched alkanes of at least 4 members (excludes halogenated alkanes) is 1. The van der Waals surface area contributed by atoms with Gasteiger partial charge in [-0.05, 0) is 12.2 Å². The minimum atomic E-state index is 0.0849. The summed E-state index contributed by atoms with van der Waals surface area (Å²) in [5, 5.41) is 2.75. The van der Waals surface area contributed by atoms with Crippen molar-refractivity contribution in [2.45, 2.75) is 19.8 Å². The number of hydrogen-bond donors (Lipinski definition) is 1. The van der Waals surface area contributed by atoms with Gasteiger partial charge in [-0.2, -0.15) is 11.8 Å². The molecule has 13 heavy (non-hydrogen) atoms. The van der Waals surface area contributed by atoms with Crippen molar-refractivity contribution in [3.8, 4) is 0 Å². The highest BCUT2D eigenvalue weighted by atomic mass is 79.9. The number of carbonyl (C=O) groups excluding carboxylic acids is 1. The molecule has 1 N–H and O–H groups in total. The van der Waals surface area contributed by atoms with Crippen molar-refractivity contribution in [3.05, 3.63) is 11.1 Å². The molecule has 0 bridgehead atoms. The Labute approximate surface area is 92.7 Å². The molecular weight excluding hydrogens is 250 g/mol. The van der Waals surface area contributed by atoms with E-state index in [1.807, 2.05) is 0 Å². The summed E-state index contributed by atoms with van der Waals surface area (Å²) >= 11 is 4.86. The van der Waals surface area contributed by atoms with Crippen LogP contribution in [0.15, 0.2) is 11.1 Å². The predicted molar refractivity (Wildman–Crippen MR) is 63.3 cm³/mol. The molecule has 0 rings (SSSR count). The van der Waals surface area contributed by atoms with Gasteiger partial charge in [0.15, 0.2) is 0 Å². The van der Waals surface area contributed by atoms with Crippen LogP contribution in [0.25, 0.3) is 0 Å². The molecule has 0 heterocycles. The molecule has 0 radical (unpaired) electrons. The summed E-state index contributed by atoms with van der Waals surface area (Å²) in [6, 6.07) is 0. The first-order valence-corrected chi connectivity index (χ1v) is 6.29. The fourth-order valence-corrected chi connectivity index (χ4v) is 1.72. The Hall–Kier alpha value is 0.0400. The number of rotatable bonds is 7. The smallest absolute Gasteiger partial charge is 0.230 e. The molecule has 0 unspecified atom stereocenters. The predicted octanol–water partition coefficient (Wildman–Crippen LogP) is 2.54. The van der Waals surface area contributed by atoms with Gasteiger partial charge in [0.2, 0.25) is 5.91 Å². The van der Waals surface area contributed by atoms with E-state index in [0.29, 0.717) is 12.3 Å². The molecular formula is C9H16BrNOS. The summed E-state index contributed by atoms with van der Waals surface area (Å²) in [6.45, 7) is 6.30. The zero-order valence-corrected chi connectivity index (χ0v) is 10.3. The van der Waals surface area contributed by atoms with Crippen LogP contribution in [-0.2, 0) is 4.79 Å². The Morgan fingerprint density at radius 1 is 1.62 bits per heavy atom. The molecule has 0 fully saturated rings. The van der Waals surface area contributed by atoms with Gasteiger partial charge in [-0.15, -0.1) is 0 Å². The maximum absolute atomic E-state index is 11.1. The fourth-order valence-electron chi connectivity index (χ4n) is 0.657. The first-order valence-electron chi connectivity index (χ1n) is 4.34. The van der Waals surface area contributed by atoms with Crippen molar-refractivity contribution in [2.24, 2.45) is 0 Å². The Balaban J connectivity index is 3.25. The summed E-state index contributed by atoms with van der Waals surface area (Å²) in [4.78, 5) is 11.1. The van der Waals surface area contributed by atoms with Crippen molar-refractivity contribution < 1.29 is 4.79 Å². The summed E-state index contributed by atoms with van der Waals surface area (Å²) < 4.78 is 0.805. The second-order valence-electron chi connectivity index (χ2n) is 2.70. The lowest BCUT2D eigenvalue weighted by Gasteiger charge is -2.03. The number of halogens is 1. The third kappa shape index (κ3) is 9.96. The largest absolute Gasteiger partial charge is 0.351 e. The minimum Gasteiger partial charge on any atom is -0.351 e. The van der Waals surface area contributed by atoms with Crippen LogP contribution in [0.2, 0.25) is 0 Å². The number of amides is 1. The average Bonchev–Trinajstić information content (AvgIpc) is 2.09. The van der Waals surface area contributed by atoms with Crippen LogP contribution in [0.4, 0.5) is 0 Å². The molecule has 4 heteroatoms. The van der Waals surface area contributed by atoms with E-state index in [2.05, 4.69) is 34.7 Å². The van der Waals surface area contributed by atoms with E-state index in [1.54, 1.807) is 11.8 Å². The Morgan fingerprint density at radius 2 is 2.31 bits per heavy atom. The highest BCUT2D eigenvalue weighted by Gasteiger charge is 1.99. The molecule has 0 aromatic heterocycles. The van der Waals surface area contributed by atoms with E-state index in [0.717, 1.165) is 10.2 Å². The van der Waals surface area contributed by atoms with Crippen molar-refractivity contribution in [1.29, 1.82) is 0 Å². The minimum absolute atomic E-state index is 0.0849. The maximum Gasteiger partial charge on any atom is 0.230 e. The molecule has 0 spiro atoms. The van der Waals surface area contributed by atoms with Gasteiger partial charge in [0.1, 0.15) is 0 Å². The average molecular weight is 266 g/mol. The van der Waals surface area contributed by atoms with Crippen LogP contribution in [0.1, 0.15) is 19.8 Å². The summed E-state index contributed by atoms with van der Waals surface area (Å²) in [5.74, 6) is 1.71. The van der Waals surface area contributed by atoms with Crippen LogP contribution >= 0.6 is 27.7 Å². The molecule has 0 aliphatic rings. The van der Waals surface area contributed by atoms with Crippen LogP contribution in [0.3, 0.4) is 0 Å². The van der Waals surface area contributed by atoms with Gasteiger partial charge in [-0.1, -0.05) is 35.9 Å². The number of carbonyl (C=O) groups is 1. The normalized spacial score (nSPS) is 9.69. The zero-order chi connectivity index (χ0) is 10.1. The summed E-state index contributed by atoms with van der Waals surface area (Å²) in [6.07, 6.45) is 2.37. The van der Waals surface area contributed by atoms with Crippen molar-refractivity contribution in [3.63, 3.8) is 0 Å². The van der Waals surface area contributed by atoms with Crippen LogP contribution < -0.4 is 5.32 Å². The highest BCUT2D eigenvalue weighted by molar-refractivity contribution is 9.11. The summed E-state index contributed by atoms with van der Waals surface area (Å²) in [5.41, 5.74) is 0. The van der Waals surface area contributed by atoms with Crippen LogP contribution in [-0.4, -0.2) is 24.0 Å². The fraction of sp³-hybridized carbons (Fsp3) is 0.667. The monoisotopic (exact) mass is 265 g/mol. The van der Waals surface area contributed by atoms with Gasteiger partial charge in [0.25, 0.3) is 0 Å². The first-order chi connectivity index (χ1) is 6.16. The SMILES string of the molecule is C=C(Br)CNC(=O)CSCCCC. The van der Waals surface area contributed by atoms with Crippen molar-refractivity contribution in [2.75, 3.05) is 18.1 Å². The second-order valence-corrected chi connectivity index (χ2v) is 4.93. The van der Waals surface area contributed by atoms with E-state index in [-0.39, 0.29) is 5.91 Å². The molecule has 0 atom stereocenters. The molecule has 0 aromatic carbocycles. The summed E-state index contributed by atoms with van der Waals surface area (Å²) in [7, 11) is 0. The van der Waals surface area contributed by atoms with Gasteiger partial charge in [0, 0.05) is 11.0 Å². The van der Waals surface area contributed by atoms with Crippen molar-refractivity contribution in [1.82, 2.24) is 5.32 Å². The molecule has 0 aromatic rings. The lowest BCUT2D eigenvalue weighted by Crippen LogP contribution is -2.26. The number of thioether (sulfide) groups is 1. The molecule has 0 aliphatic heterocycles. The third-order valence-electron chi connectivity index (χ3n) is 1.35. The van der Waals surface area contributed by atoms with E-state index in [4.69, 9.17) is 0 Å². The third-order valence-corrected chi connectivity index (χ3v) is 2.68. The van der Waals surface area contributed by atoms with Crippen molar-refractivity contribution >= 4 is 33.6 Å². The first kappa shape index (κ1) is 13.0. The lowest BCUT2D eigenvalue weighted by atomic mass is 10.4. The van der Waals surface area contributed by atoms with Crippen LogP contribution in [0, 0.1) is 0 Å². The van der Waals surface area contributed by atoms with Gasteiger partial charge in [0.05, 0.1) is 5.75 Å². The Kier molecular flexibility index (Phi) is 8.66. The van der Waals surface area contributed by atoms with E-state index in [1.165, 1.54) is 12.8 Å². The van der Waals surface area contributed by atoms with E-state index < -0.39 is 0 Å². The highest BCUT2D eigenvalue weighted by Crippen LogP contribution is 2.04. The Morgan fingerprint density at radius 3 is 2.85 bits per heavy atom. The van der Waals surface area contributed by atoms with Gasteiger partial charge >= 0.3 is 0 Å². The van der Waals surface area contributed by atoms with Gasteiger partial charge < -0.3 is 5.32 Å². The maximum atomic E-state index is 11.1. The molecule has 1 amide bonds. The molecule has 0 saturated carbocycles. The number of nitrogens with one attached hydrogen (secondary N) is 1. The molecule has 76 valence electrons.